The average Bonchev–Trinajstić information content (AvgIpc) is 2.39. The van der Waals surface area contributed by atoms with Crippen LogP contribution in [0.3, 0.4) is 0 Å². The van der Waals surface area contributed by atoms with Crippen LogP contribution in [0.2, 0.25) is 0 Å². The molecular formula is C13H12N4O3. The lowest BCUT2D eigenvalue weighted by Crippen LogP contribution is -1.99. The third-order valence-corrected chi connectivity index (χ3v) is 2.45. The maximum Gasteiger partial charge on any atom is 0.307 e. The van der Waals surface area contributed by atoms with E-state index in [1.54, 1.807) is 12.3 Å². The number of azo groups is 1. The number of aromatic hydroxyl groups is 1. The second-order valence-electron chi connectivity index (χ2n) is 4.17. The van der Waals surface area contributed by atoms with E-state index in [2.05, 4.69) is 20.4 Å². The van der Waals surface area contributed by atoms with Gasteiger partial charge in [0.25, 0.3) is 0 Å². The molecule has 0 spiro atoms. The summed E-state index contributed by atoms with van der Waals surface area (Å²) in [6.45, 7) is 1.86. The Morgan fingerprint density at radius 3 is 2.80 bits per heavy atom. The second-order valence-corrected chi connectivity index (χ2v) is 4.17. The minimum absolute atomic E-state index is 0.0818. The number of aryl methyl sites for hydroxylation is 1. The molecule has 20 heavy (non-hydrogen) atoms. The first-order chi connectivity index (χ1) is 9.54. The number of hydrogen-bond donors (Lipinski definition) is 2. The maximum absolute atomic E-state index is 10.7. The maximum atomic E-state index is 10.7. The lowest BCUT2D eigenvalue weighted by atomic mass is 10.1. The Hall–Kier alpha value is -2.83. The van der Waals surface area contributed by atoms with Crippen LogP contribution in [0.15, 0.2) is 40.7 Å². The SMILES string of the molecule is Cc1cnnc(/N=N/c2ccc(O)c(CC(=O)O)c2)c1. The molecule has 0 fully saturated rings. The Kier molecular flexibility index (Phi) is 3.99. The molecule has 0 bridgehead atoms. The van der Waals surface area contributed by atoms with Gasteiger partial charge in [-0.3, -0.25) is 4.79 Å². The molecule has 7 heteroatoms. The number of carboxylic acid groups (broad SMARTS) is 1. The highest BCUT2D eigenvalue weighted by molar-refractivity contribution is 5.72. The molecule has 1 heterocycles. The lowest BCUT2D eigenvalue weighted by molar-refractivity contribution is -0.136. The molecule has 0 saturated carbocycles. The lowest BCUT2D eigenvalue weighted by Gasteiger charge is -2.02. The Bertz CT molecular complexity index is 670. The number of benzene rings is 1. The van der Waals surface area contributed by atoms with Crippen molar-refractivity contribution in [2.75, 3.05) is 0 Å². The first-order valence-electron chi connectivity index (χ1n) is 5.79. The molecule has 1 aromatic carbocycles. The van der Waals surface area contributed by atoms with Gasteiger partial charge in [0.1, 0.15) is 5.75 Å². The van der Waals surface area contributed by atoms with E-state index in [1.807, 2.05) is 6.92 Å². The Morgan fingerprint density at radius 2 is 2.10 bits per heavy atom. The van der Waals surface area contributed by atoms with E-state index in [4.69, 9.17) is 5.11 Å². The van der Waals surface area contributed by atoms with Crippen LogP contribution in [0.25, 0.3) is 0 Å². The fourth-order valence-electron chi connectivity index (χ4n) is 1.55. The van der Waals surface area contributed by atoms with Crippen LogP contribution in [-0.2, 0) is 11.2 Å². The summed E-state index contributed by atoms with van der Waals surface area (Å²) >= 11 is 0. The summed E-state index contributed by atoms with van der Waals surface area (Å²) in [7, 11) is 0. The van der Waals surface area contributed by atoms with Crippen LogP contribution < -0.4 is 0 Å². The number of carboxylic acids is 1. The van der Waals surface area contributed by atoms with Crippen LogP contribution in [0.5, 0.6) is 5.75 Å². The molecule has 1 aromatic heterocycles. The van der Waals surface area contributed by atoms with Crippen LogP contribution in [0, 0.1) is 6.92 Å². The number of nitrogens with zero attached hydrogens (tertiary/aromatic N) is 4. The van der Waals surface area contributed by atoms with E-state index < -0.39 is 5.97 Å². The van der Waals surface area contributed by atoms with E-state index in [1.165, 1.54) is 18.2 Å². The van der Waals surface area contributed by atoms with Gasteiger partial charge >= 0.3 is 5.97 Å². The van der Waals surface area contributed by atoms with Crippen molar-refractivity contribution in [3.05, 3.63) is 41.6 Å². The van der Waals surface area contributed by atoms with E-state index in [-0.39, 0.29) is 17.7 Å². The second kappa shape index (κ2) is 5.87. The Morgan fingerprint density at radius 1 is 1.30 bits per heavy atom. The topological polar surface area (TPSA) is 108 Å². The minimum Gasteiger partial charge on any atom is -0.508 e. The Balaban J connectivity index is 2.23. The van der Waals surface area contributed by atoms with Gasteiger partial charge in [0.2, 0.25) is 0 Å². The summed E-state index contributed by atoms with van der Waals surface area (Å²) in [5.41, 5.74) is 1.62. The van der Waals surface area contributed by atoms with Gasteiger partial charge in [0, 0.05) is 5.56 Å². The number of phenolic OH excluding ortho intramolecular Hbond substituents is 1. The number of phenols is 1. The van der Waals surface area contributed by atoms with E-state index in [0.717, 1.165) is 5.56 Å². The van der Waals surface area contributed by atoms with E-state index >= 15 is 0 Å². The van der Waals surface area contributed by atoms with Crippen LogP contribution in [0.1, 0.15) is 11.1 Å². The van der Waals surface area contributed by atoms with E-state index in [0.29, 0.717) is 11.5 Å². The van der Waals surface area contributed by atoms with Crippen LogP contribution >= 0.6 is 0 Å². The zero-order chi connectivity index (χ0) is 14.5. The predicted octanol–water partition coefficient (Wildman–Crippen LogP) is 2.53. The van der Waals surface area contributed by atoms with Crippen LogP contribution in [0.4, 0.5) is 11.5 Å². The summed E-state index contributed by atoms with van der Waals surface area (Å²) in [5, 5.41) is 33.7. The average molecular weight is 272 g/mol. The van der Waals surface area contributed by atoms with Gasteiger partial charge in [-0.05, 0) is 36.8 Å². The normalized spacial score (nSPS) is 10.8. The van der Waals surface area contributed by atoms with Gasteiger partial charge in [0.05, 0.1) is 18.3 Å². The van der Waals surface area contributed by atoms with Crippen molar-refractivity contribution in [1.82, 2.24) is 10.2 Å². The third-order valence-electron chi connectivity index (χ3n) is 2.45. The van der Waals surface area contributed by atoms with Crippen molar-refractivity contribution in [3.8, 4) is 5.75 Å². The summed E-state index contributed by atoms with van der Waals surface area (Å²) in [6, 6.07) is 6.10. The molecule has 7 nitrogen and oxygen atoms in total. The predicted molar refractivity (Wildman–Crippen MR) is 70.4 cm³/mol. The molecule has 102 valence electrons. The number of hydrogen-bond acceptors (Lipinski definition) is 6. The van der Waals surface area contributed by atoms with Gasteiger partial charge in [-0.15, -0.1) is 15.3 Å². The van der Waals surface area contributed by atoms with E-state index in [9.17, 15) is 9.90 Å². The number of aliphatic carboxylic acids is 1. The quantitative estimate of drug-likeness (QED) is 0.831. The highest BCUT2D eigenvalue weighted by Gasteiger charge is 2.07. The van der Waals surface area contributed by atoms with Crippen molar-refractivity contribution >= 4 is 17.5 Å². The van der Waals surface area contributed by atoms with Gasteiger partial charge < -0.3 is 10.2 Å². The number of rotatable bonds is 4. The molecule has 0 atom stereocenters. The molecule has 0 aliphatic carbocycles. The molecular weight excluding hydrogens is 260 g/mol. The van der Waals surface area contributed by atoms with Crippen molar-refractivity contribution in [1.29, 1.82) is 0 Å². The van der Waals surface area contributed by atoms with Gasteiger partial charge in [-0.2, -0.15) is 5.10 Å². The van der Waals surface area contributed by atoms with Gasteiger partial charge in [-0.1, -0.05) is 0 Å². The molecule has 2 aromatic rings. The third kappa shape index (κ3) is 3.58. The van der Waals surface area contributed by atoms with Crippen molar-refractivity contribution in [2.45, 2.75) is 13.3 Å². The summed E-state index contributed by atoms with van der Waals surface area (Å²) in [4.78, 5) is 10.7. The highest BCUT2D eigenvalue weighted by atomic mass is 16.4. The molecule has 0 radical (unpaired) electrons. The van der Waals surface area contributed by atoms with Gasteiger partial charge in [0.15, 0.2) is 5.82 Å². The fourth-order valence-corrected chi connectivity index (χ4v) is 1.55. The summed E-state index contributed by atoms with van der Waals surface area (Å²) in [5.74, 6) is -0.751. The van der Waals surface area contributed by atoms with Crippen LogP contribution in [-0.4, -0.2) is 26.4 Å². The molecule has 0 unspecified atom stereocenters. The standard InChI is InChI=1S/C13H12N4O3/c1-8-4-12(16-14-7-8)17-15-10-2-3-11(18)9(5-10)6-13(19)20/h2-5,7,18H,6H2,1H3,(H,19,20)/b17-15+. The van der Waals surface area contributed by atoms with Crippen molar-refractivity contribution in [3.63, 3.8) is 0 Å². The van der Waals surface area contributed by atoms with Crippen molar-refractivity contribution in [2.24, 2.45) is 10.2 Å². The Labute approximate surface area is 114 Å². The summed E-state index contributed by atoms with van der Waals surface area (Å²) in [6.07, 6.45) is 1.32. The highest BCUT2D eigenvalue weighted by Crippen LogP contribution is 2.25. The first-order valence-corrected chi connectivity index (χ1v) is 5.79. The zero-order valence-corrected chi connectivity index (χ0v) is 10.7. The molecule has 2 N–H and O–H groups in total. The largest absolute Gasteiger partial charge is 0.508 e. The molecule has 2 rings (SSSR count). The molecule has 0 aliphatic heterocycles. The molecule has 0 amide bonds. The first kappa shape index (κ1) is 13.6. The monoisotopic (exact) mass is 272 g/mol. The number of carbonyl (C=O) groups is 1. The molecule has 0 aliphatic rings. The number of aromatic nitrogens is 2. The van der Waals surface area contributed by atoms with Gasteiger partial charge in [-0.25, -0.2) is 0 Å². The van der Waals surface area contributed by atoms with Crippen molar-refractivity contribution < 1.29 is 15.0 Å². The fraction of sp³-hybridized carbons (Fsp3) is 0.154. The summed E-state index contributed by atoms with van der Waals surface area (Å²) < 4.78 is 0. The zero-order valence-electron chi connectivity index (χ0n) is 10.7. The smallest absolute Gasteiger partial charge is 0.307 e. The minimum atomic E-state index is -1.03. The molecule has 0 saturated heterocycles.